The predicted molar refractivity (Wildman–Crippen MR) is 83.1 cm³/mol. The van der Waals surface area contributed by atoms with E-state index in [1.54, 1.807) is 0 Å². The topological polar surface area (TPSA) is 41.7 Å². The Morgan fingerprint density at radius 3 is 2.50 bits per heavy atom. The zero-order valence-corrected chi connectivity index (χ0v) is 12.4. The first-order valence-electron chi connectivity index (χ1n) is 7.68. The fourth-order valence-corrected chi connectivity index (χ4v) is 3.42. The third-order valence-corrected chi connectivity index (χ3v) is 4.32. The first kappa shape index (κ1) is 13.7. The molecular weight excluding hydrogens is 250 g/mol. The highest BCUT2D eigenvalue weighted by Gasteiger charge is 2.20. The van der Waals surface area contributed by atoms with Crippen molar-refractivity contribution in [1.29, 1.82) is 0 Å². The lowest BCUT2D eigenvalue weighted by Gasteiger charge is -2.33. The van der Waals surface area contributed by atoms with E-state index >= 15 is 0 Å². The van der Waals surface area contributed by atoms with E-state index in [-0.39, 0.29) is 0 Å². The molecule has 0 atom stereocenters. The second kappa shape index (κ2) is 6.02. The second-order valence-corrected chi connectivity index (χ2v) is 5.93. The SMILES string of the molecule is Cc1cc(N)cc(CN2CCCC2)c1N1CCOCC1. The smallest absolute Gasteiger partial charge is 0.0642 e. The van der Waals surface area contributed by atoms with Gasteiger partial charge in [-0.1, -0.05) is 0 Å². The minimum atomic E-state index is 0.826. The lowest BCUT2D eigenvalue weighted by Crippen LogP contribution is -2.37. The van der Waals surface area contributed by atoms with Gasteiger partial charge in [0.25, 0.3) is 0 Å². The van der Waals surface area contributed by atoms with Crippen molar-refractivity contribution in [3.63, 3.8) is 0 Å². The van der Waals surface area contributed by atoms with Crippen LogP contribution in [0, 0.1) is 6.92 Å². The van der Waals surface area contributed by atoms with Crippen LogP contribution < -0.4 is 10.6 Å². The molecule has 1 aromatic carbocycles. The van der Waals surface area contributed by atoms with Crippen LogP contribution in [0.25, 0.3) is 0 Å². The Kier molecular flexibility index (Phi) is 4.13. The fraction of sp³-hybridized carbons (Fsp3) is 0.625. The summed E-state index contributed by atoms with van der Waals surface area (Å²) in [5.74, 6) is 0. The Balaban J connectivity index is 1.88. The Morgan fingerprint density at radius 2 is 1.80 bits per heavy atom. The average molecular weight is 275 g/mol. The van der Waals surface area contributed by atoms with E-state index in [1.807, 2.05) is 0 Å². The molecule has 4 heteroatoms. The van der Waals surface area contributed by atoms with Crippen LogP contribution in [0.1, 0.15) is 24.0 Å². The summed E-state index contributed by atoms with van der Waals surface area (Å²) >= 11 is 0. The molecule has 2 heterocycles. The molecule has 4 nitrogen and oxygen atoms in total. The number of rotatable bonds is 3. The lowest BCUT2D eigenvalue weighted by molar-refractivity contribution is 0.122. The number of benzene rings is 1. The highest BCUT2D eigenvalue weighted by atomic mass is 16.5. The molecule has 2 N–H and O–H groups in total. The van der Waals surface area contributed by atoms with Crippen LogP contribution in [-0.2, 0) is 11.3 Å². The van der Waals surface area contributed by atoms with Gasteiger partial charge >= 0.3 is 0 Å². The van der Waals surface area contributed by atoms with Gasteiger partial charge in [0.15, 0.2) is 0 Å². The van der Waals surface area contributed by atoms with E-state index in [1.165, 1.54) is 42.7 Å². The van der Waals surface area contributed by atoms with Gasteiger partial charge in [-0.3, -0.25) is 4.90 Å². The van der Waals surface area contributed by atoms with Gasteiger partial charge in [-0.15, -0.1) is 0 Å². The quantitative estimate of drug-likeness (QED) is 0.857. The summed E-state index contributed by atoms with van der Waals surface area (Å²) in [6, 6.07) is 4.26. The highest BCUT2D eigenvalue weighted by Crippen LogP contribution is 2.30. The van der Waals surface area contributed by atoms with Crippen LogP contribution in [0.5, 0.6) is 0 Å². The molecule has 0 radical (unpaired) electrons. The van der Waals surface area contributed by atoms with E-state index in [0.29, 0.717) is 0 Å². The predicted octanol–water partition coefficient (Wildman–Crippen LogP) is 2.01. The minimum absolute atomic E-state index is 0.826. The standard InChI is InChI=1S/C16H25N3O/c1-13-10-15(17)11-14(12-18-4-2-3-5-18)16(13)19-6-8-20-9-7-19/h10-11H,2-9,12,17H2,1H3. The van der Waals surface area contributed by atoms with E-state index in [4.69, 9.17) is 10.5 Å². The molecular formula is C16H25N3O. The summed E-state index contributed by atoms with van der Waals surface area (Å²) in [6.07, 6.45) is 2.66. The fourth-order valence-electron chi connectivity index (χ4n) is 3.42. The monoisotopic (exact) mass is 275 g/mol. The molecule has 0 aliphatic carbocycles. The molecule has 0 spiro atoms. The third kappa shape index (κ3) is 2.91. The van der Waals surface area contributed by atoms with Gasteiger partial charge in [-0.05, 0) is 56.1 Å². The Labute approximate surface area is 121 Å². The average Bonchev–Trinajstić information content (AvgIpc) is 2.92. The van der Waals surface area contributed by atoms with E-state index < -0.39 is 0 Å². The summed E-state index contributed by atoms with van der Waals surface area (Å²) in [5.41, 5.74) is 11.0. The summed E-state index contributed by atoms with van der Waals surface area (Å²) in [4.78, 5) is 5.00. The van der Waals surface area contributed by atoms with Crippen LogP contribution >= 0.6 is 0 Å². The van der Waals surface area contributed by atoms with Crippen molar-refractivity contribution in [1.82, 2.24) is 4.90 Å². The highest BCUT2D eigenvalue weighted by molar-refractivity contribution is 5.65. The van der Waals surface area contributed by atoms with E-state index in [9.17, 15) is 0 Å². The van der Waals surface area contributed by atoms with Gasteiger partial charge in [0.2, 0.25) is 0 Å². The van der Waals surface area contributed by atoms with Gasteiger partial charge in [0.05, 0.1) is 13.2 Å². The van der Waals surface area contributed by atoms with Crippen molar-refractivity contribution in [2.24, 2.45) is 0 Å². The van der Waals surface area contributed by atoms with Crippen LogP contribution in [0.4, 0.5) is 11.4 Å². The Hall–Kier alpha value is -1.26. The molecule has 2 aliphatic heterocycles. The molecule has 110 valence electrons. The molecule has 0 unspecified atom stereocenters. The lowest BCUT2D eigenvalue weighted by atomic mass is 10.0. The number of aryl methyl sites for hydroxylation is 1. The maximum absolute atomic E-state index is 6.07. The maximum atomic E-state index is 6.07. The van der Waals surface area contributed by atoms with Crippen molar-refractivity contribution in [3.05, 3.63) is 23.3 Å². The number of anilines is 2. The van der Waals surface area contributed by atoms with Crippen molar-refractivity contribution >= 4 is 11.4 Å². The van der Waals surface area contributed by atoms with Gasteiger partial charge in [-0.25, -0.2) is 0 Å². The van der Waals surface area contributed by atoms with E-state index in [2.05, 4.69) is 28.9 Å². The molecule has 2 aliphatic rings. The molecule has 20 heavy (non-hydrogen) atoms. The molecule has 2 saturated heterocycles. The third-order valence-electron chi connectivity index (χ3n) is 4.32. The summed E-state index contributed by atoms with van der Waals surface area (Å²) < 4.78 is 5.48. The normalized spacial score (nSPS) is 20.6. The first-order chi connectivity index (χ1) is 9.74. The number of nitrogens with zero attached hydrogens (tertiary/aromatic N) is 2. The molecule has 1 aromatic rings. The molecule has 0 saturated carbocycles. The minimum Gasteiger partial charge on any atom is -0.399 e. The van der Waals surface area contributed by atoms with Crippen LogP contribution in [0.2, 0.25) is 0 Å². The number of likely N-dealkylation sites (tertiary alicyclic amines) is 1. The van der Waals surface area contributed by atoms with Gasteiger partial charge in [0, 0.05) is 31.0 Å². The van der Waals surface area contributed by atoms with Crippen molar-refractivity contribution in [3.8, 4) is 0 Å². The molecule has 0 bridgehead atoms. The summed E-state index contributed by atoms with van der Waals surface area (Å²) in [5, 5.41) is 0. The van der Waals surface area contributed by atoms with Crippen molar-refractivity contribution in [2.45, 2.75) is 26.3 Å². The van der Waals surface area contributed by atoms with Crippen LogP contribution in [0.15, 0.2) is 12.1 Å². The molecule has 3 rings (SSSR count). The Morgan fingerprint density at radius 1 is 1.10 bits per heavy atom. The molecule has 0 aromatic heterocycles. The summed E-state index contributed by atoms with van der Waals surface area (Å²) in [7, 11) is 0. The molecule has 0 amide bonds. The summed E-state index contributed by atoms with van der Waals surface area (Å²) in [6.45, 7) is 9.26. The largest absolute Gasteiger partial charge is 0.399 e. The van der Waals surface area contributed by atoms with Gasteiger partial charge < -0.3 is 15.4 Å². The Bertz CT molecular complexity index is 463. The molecule has 2 fully saturated rings. The second-order valence-electron chi connectivity index (χ2n) is 5.93. The maximum Gasteiger partial charge on any atom is 0.0642 e. The number of ether oxygens (including phenoxy) is 1. The number of nitrogen functional groups attached to an aromatic ring is 1. The first-order valence-corrected chi connectivity index (χ1v) is 7.68. The van der Waals surface area contributed by atoms with Gasteiger partial charge in [0.1, 0.15) is 0 Å². The van der Waals surface area contributed by atoms with Crippen molar-refractivity contribution in [2.75, 3.05) is 50.0 Å². The van der Waals surface area contributed by atoms with Crippen LogP contribution in [-0.4, -0.2) is 44.3 Å². The van der Waals surface area contributed by atoms with Crippen molar-refractivity contribution < 1.29 is 4.74 Å². The van der Waals surface area contributed by atoms with E-state index in [0.717, 1.165) is 38.5 Å². The number of hydrogen-bond acceptors (Lipinski definition) is 4. The van der Waals surface area contributed by atoms with Gasteiger partial charge in [-0.2, -0.15) is 0 Å². The number of nitrogens with two attached hydrogens (primary N) is 1. The number of hydrogen-bond donors (Lipinski definition) is 1. The number of morpholine rings is 1. The zero-order chi connectivity index (χ0) is 13.9. The zero-order valence-electron chi connectivity index (χ0n) is 12.4. The van der Waals surface area contributed by atoms with Crippen LogP contribution in [0.3, 0.4) is 0 Å².